The molecule has 1 aliphatic heterocycles. The molecule has 2 aromatic rings. The third-order valence-corrected chi connectivity index (χ3v) is 6.13. The highest BCUT2D eigenvalue weighted by atomic mass is 35.5. The Hall–Kier alpha value is -2.70. The molecule has 1 saturated heterocycles. The van der Waals surface area contributed by atoms with Gasteiger partial charge in [0.2, 0.25) is 0 Å². The fourth-order valence-electron chi connectivity index (χ4n) is 3.93. The molecule has 0 saturated carbocycles. The number of Topliss-reactive ketones (excluding diaryl/α,β-unsaturated/α-hetero) is 1. The van der Waals surface area contributed by atoms with Crippen LogP contribution in [-0.4, -0.2) is 42.5 Å². The molecule has 2 aromatic carbocycles. The van der Waals surface area contributed by atoms with Gasteiger partial charge in [-0.3, -0.25) is 9.59 Å². The lowest BCUT2D eigenvalue weighted by Gasteiger charge is -2.25. The van der Waals surface area contributed by atoms with E-state index in [2.05, 4.69) is 0 Å². The Morgan fingerprint density at radius 2 is 1.69 bits per heavy atom. The van der Waals surface area contributed by atoms with E-state index in [1.165, 1.54) is 25.2 Å². The van der Waals surface area contributed by atoms with Gasteiger partial charge in [-0.15, -0.1) is 0 Å². The van der Waals surface area contributed by atoms with Gasteiger partial charge in [-0.2, -0.15) is 0 Å². The van der Waals surface area contributed by atoms with Gasteiger partial charge < -0.3 is 19.5 Å². The van der Waals surface area contributed by atoms with Crippen molar-refractivity contribution >= 4 is 40.7 Å². The second-order valence-corrected chi connectivity index (χ2v) is 8.16. The Labute approximate surface area is 197 Å². The number of aliphatic hydroxyl groups excluding tert-OH is 1. The van der Waals surface area contributed by atoms with Crippen molar-refractivity contribution in [3.05, 3.63) is 62.6 Å². The van der Waals surface area contributed by atoms with Crippen LogP contribution >= 0.6 is 23.2 Å². The van der Waals surface area contributed by atoms with Crippen LogP contribution in [0.2, 0.25) is 10.0 Å². The second-order valence-electron chi connectivity index (χ2n) is 7.37. The summed E-state index contributed by atoms with van der Waals surface area (Å²) >= 11 is 12.7. The van der Waals surface area contributed by atoms with Crippen LogP contribution in [0, 0.1) is 0 Å². The second kappa shape index (κ2) is 9.84. The van der Waals surface area contributed by atoms with Gasteiger partial charge in [0.15, 0.2) is 11.5 Å². The Bertz CT molecular complexity index is 1080. The summed E-state index contributed by atoms with van der Waals surface area (Å²) in [5.74, 6) is -1.57. The number of carbonyl (C=O) groups excluding carboxylic acids is 2. The van der Waals surface area contributed by atoms with Gasteiger partial charge in [0.25, 0.3) is 11.7 Å². The molecule has 1 N–H and O–H groups in total. The molecule has 0 bridgehead atoms. The molecule has 1 amide bonds. The Balaban J connectivity index is 2.28. The van der Waals surface area contributed by atoms with Crippen LogP contribution in [0.25, 0.3) is 5.76 Å². The molecule has 170 valence electrons. The summed E-state index contributed by atoms with van der Waals surface area (Å²) in [6.45, 7) is 4.33. The topological polar surface area (TPSA) is 76.1 Å². The van der Waals surface area contributed by atoms with Crippen molar-refractivity contribution in [3.8, 4) is 11.5 Å². The molecule has 1 unspecified atom stereocenters. The first kappa shape index (κ1) is 24.0. The number of hydrogen-bond donors (Lipinski definition) is 1. The lowest BCUT2D eigenvalue weighted by atomic mass is 9.94. The van der Waals surface area contributed by atoms with Gasteiger partial charge in [-0.1, -0.05) is 61.3 Å². The number of ketones is 1. The Kier molecular flexibility index (Phi) is 7.36. The zero-order valence-electron chi connectivity index (χ0n) is 18.4. The standard InChI is InChI=1S/C24H25Cl2NO5/c1-5-11-27-19(14-9-7-13(6-2)8-10-14)17(21(29)24(27)30)20(28)15-12-16(25)23(32-4)18(26)22(15)31-3/h7-10,12,19,28H,5-6,11H2,1-4H3/b20-17+. The van der Waals surface area contributed by atoms with Crippen LogP contribution in [0.1, 0.15) is 43.0 Å². The van der Waals surface area contributed by atoms with Crippen LogP contribution in [0.3, 0.4) is 0 Å². The van der Waals surface area contributed by atoms with E-state index in [-0.39, 0.29) is 32.7 Å². The molecule has 8 heteroatoms. The van der Waals surface area contributed by atoms with Gasteiger partial charge in [0.05, 0.1) is 36.4 Å². The number of carbonyl (C=O) groups is 2. The van der Waals surface area contributed by atoms with E-state index in [4.69, 9.17) is 32.7 Å². The molecule has 0 radical (unpaired) electrons. The summed E-state index contributed by atoms with van der Waals surface area (Å²) < 4.78 is 10.6. The van der Waals surface area contributed by atoms with E-state index >= 15 is 0 Å². The van der Waals surface area contributed by atoms with Crippen LogP contribution in [0.4, 0.5) is 0 Å². The van der Waals surface area contributed by atoms with Gasteiger partial charge >= 0.3 is 0 Å². The fraction of sp³-hybridized carbons (Fsp3) is 0.333. The minimum absolute atomic E-state index is 0.0386. The van der Waals surface area contributed by atoms with Crippen molar-refractivity contribution in [1.29, 1.82) is 0 Å². The molecule has 0 aromatic heterocycles. The van der Waals surface area contributed by atoms with Crippen molar-refractivity contribution in [3.63, 3.8) is 0 Å². The molecule has 3 rings (SSSR count). The smallest absolute Gasteiger partial charge is 0.295 e. The molecule has 6 nitrogen and oxygen atoms in total. The molecule has 1 heterocycles. The summed E-state index contributed by atoms with van der Waals surface area (Å²) in [6.07, 6.45) is 1.51. The lowest BCUT2D eigenvalue weighted by molar-refractivity contribution is -0.139. The highest BCUT2D eigenvalue weighted by Gasteiger charge is 2.46. The molecular formula is C24H25Cl2NO5. The minimum Gasteiger partial charge on any atom is -0.507 e. The van der Waals surface area contributed by atoms with E-state index in [1.807, 2.05) is 38.1 Å². The van der Waals surface area contributed by atoms with Crippen molar-refractivity contribution in [2.45, 2.75) is 32.7 Å². The first-order valence-electron chi connectivity index (χ1n) is 10.3. The number of hydrogen-bond acceptors (Lipinski definition) is 5. The van der Waals surface area contributed by atoms with Crippen molar-refractivity contribution in [2.75, 3.05) is 20.8 Å². The number of amides is 1. The zero-order valence-corrected chi connectivity index (χ0v) is 19.9. The van der Waals surface area contributed by atoms with Gasteiger partial charge in [0, 0.05) is 6.54 Å². The maximum Gasteiger partial charge on any atom is 0.295 e. The van der Waals surface area contributed by atoms with Crippen LogP contribution in [0.5, 0.6) is 11.5 Å². The van der Waals surface area contributed by atoms with Crippen LogP contribution < -0.4 is 9.47 Å². The number of methoxy groups -OCH3 is 2. The first-order valence-corrected chi connectivity index (χ1v) is 11.0. The third kappa shape index (κ3) is 4.05. The first-order chi connectivity index (χ1) is 15.3. The van der Waals surface area contributed by atoms with Gasteiger partial charge in [-0.05, 0) is 30.0 Å². The number of ether oxygens (including phenoxy) is 2. The summed E-state index contributed by atoms with van der Waals surface area (Å²) in [5, 5.41) is 11.5. The Morgan fingerprint density at radius 1 is 1.06 bits per heavy atom. The zero-order chi connectivity index (χ0) is 23.6. The predicted octanol–water partition coefficient (Wildman–Crippen LogP) is 5.40. The van der Waals surface area contributed by atoms with Gasteiger partial charge in [0.1, 0.15) is 10.8 Å². The normalized spacial score (nSPS) is 17.7. The summed E-state index contributed by atoms with van der Waals surface area (Å²) in [7, 11) is 2.78. The monoisotopic (exact) mass is 477 g/mol. The average molecular weight is 478 g/mol. The van der Waals surface area contributed by atoms with Gasteiger partial charge in [-0.25, -0.2) is 0 Å². The number of halogens is 2. The molecule has 0 spiro atoms. The van der Waals surface area contributed by atoms with Crippen molar-refractivity contribution in [1.82, 2.24) is 4.90 Å². The molecule has 32 heavy (non-hydrogen) atoms. The van der Waals surface area contributed by atoms with Crippen LogP contribution in [-0.2, 0) is 16.0 Å². The number of benzene rings is 2. The number of rotatable bonds is 7. The number of aliphatic hydroxyl groups is 1. The van der Waals surface area contributed by atoms with E-state index < -0.39 is 23.5 Å². The summed E-state index contributed by atoms with van der Waals surface area (Å²) in [5.41, 5.74) is 1.91. The third-order valence-electron chi connectivity index (χ3n) is 5.50. The quantitative estimate of drug-likeness (QED) is 0.328. The maximum absolute atomic E-state index is 13.1. The highest BCUT2D eigenvalue weighted by molar-refractivity contribution is 6.47. The summed E-state index contributed by atoms with van der Waals surface area (Å²) in [4.78, 5) is 27.4. The predicted molar refractivity (Wildman–Crippen MR) is 125 cm³/mol. The van der Waals surface area contributed by atoms with E-state index in [1.54, 1.807) is 0 Å². The number of aryl methyl sites for hydroxylation is 1. The molecule has 1 atom stereocenters. The number of nitrogens with zero attached hydrogens (tertiary/aromatic N) is 1. The SMILES string of the molecule is CCCN1C(=O)C(=O)/C(=C(/O)c2cc(Cl)c(OC)c(Cl)c2OC)C1c1ccc(CC)cc1. The van der Waals surface area contributed by atoms with Crippen molar-refractivity contribution < 1.29 is 24.2 Å². The van der Waals surface area contributed by atoms with E-state index in [0.29, 0.717) is 13.0 Å². The average Bonchev–Trinajstić information content (AvgIpc) is 3.04. The minimum atomic E-state index is -0.773. The number of likely N-dealkylation sites (tertiary alicyclic amines) is 1. The lowest BCUT2D eigenvalue weighted by Crippen LogP contribution is -2.30. The van der Waals surface area contributed by atoms with Crippen LogP contribution in [0.15, 0.2) is 35.9 Å². The molecular weight excluding hydrogens is 453 g/mol. The molecule has 0 aliphatic carbocycles. The van der Waals surface area contributed by atoms with E-state index in [9.17, 15) is 14.7 Å². The summed E-state index contributed by atoms with van der Waals surface area (Å²) in [6, 6.07) is 8.30. The highest BCUT2D eigenvalue weighted by Crippen LogP contribution is 2.47. The fourth-order valence-corrected chi connectivity index (χ4v) is 4.61. The molecule has 1 fully saturated rings. The molecule has 1 aliphatic rings. The Morgan fingerprint density at radius 3 is 2.22 bits per heavy atom. The largest absolute Gasteiger partial charge is 0.507 e. The van der Waals surface area contributed by atoms with Crippen molar-refractivity contribution in [2.24, 2.45) is 0 Å². The maximum atomic E-state index is 13.1. The van der Waals surface area contributed by atoms with E-state index in [0.717, 1.165) is 17.5 Å².